The first-order valence-corrected chi connectivity index (χ1v) is 4.85. The average Bonchev–Trinajstić information content (AvgIpc) is 2.11. The lowest BCUT2D eigenvalue weighted by Gasteiger charge is -2.11. The molecule has 0 radical (unpaired) electrons. The highest BCUT2D eigenvalue weighted by molar-refractivity contribution is 9.10. The fraction of sp³-hybridized carbons (Fsp3) is 0.333. The van der Waals surface area contributed by atoms with Gasteiger partial charge in [-0.25, -0.2) is 0 Å². The number of benzene rings is 1. The van der Waals surface area contributed by atoms with Gasteiger partial charge in [0.2, 0.25) is 0 Å². The molecule has 3 N–H and O–H groups in total. The average molecular weight is 245 g/mol. The third-order valence-corrected chi connectivity index (χ3v) is 2.31. The van der Waals surface area contributed by atoms with E-state index in [9.17, 15) is 0 Å². The van der Waals surface area contributed by atoms with Crippen LogP contribution in [0.1, 0.15) is 6.92 Å². The molecule has 0 unspecified atom stereocenters. The zero-order valence-electron chi connectivity index (χ0n) is 7.73. The van der Waals surface area contributed by atoms with E-state index in [0.717, 1.165) is 22.5 Å². The lowest BCUT2D eigenvalue weighted by Crippen LogP contribution is -2.02. The molecule has 0 heterocycles. The standard InChI is InChI=1S/C9H13BrN2O/c1-3-12-9-7(10)4-6(13-2)5-8(9)11/h4-5,12H,3,11H2,1-2H3. The first-order chi connectivity index (χ1) is 6.19. The molecular formula is C9H13BrN2O. The summed E-state index contributed by atoms with van der Waals surface area (Å²) in [6, 6.07) is 3.68. The molecule has 0 saturated carbocycles. The van der Waals surface area contributed by atoms with Crippen molar-refractivity contribution in [1.29, 1.82) is 0 Å². The Hall–Kier alpha value is -0.900. The van der Waals surface area contributed by atoms with Gasteiger partial charge in [0.05, 0.1) is 18.5 Å². The molecule has 13 heavy (non-hydrogen) atoms. The summed E-state index contributed by atoms with van der Waals surface area (Å²) in [6.07, 6.45) is 0. The van der Waals surface area contributed by atoms with Gasteiger partial charge in [-0.3, -0.25) is 0 Å². The van der Waals surface area contributed by atoms with E-state index in [1.54, 1.807) is 13.2 Å². The molecule has 1 rings (SSSR count). The number of nitrogens with one attached hydrogen (secondary N) is 1. The number of nitrogen functional groups attached to an aromatic ring is 1. The summed E-state index contributed by atoms with van der Waals surface area (Å²) in [5, 5.41) is 3.17. The van der Waals surface area contributed by atoms with Crippen molar-refractivity contribution in [1.82, 2.24) is 0 Å². The van der Waals surface area contributed by atoms with E-state index in [2.05, 4.69) is 21.2 Å². The van der Waals surface area contributed by atoms with Gasteiger partial charge in [0.15, 0.2) is 0 Å². The molecule has 3 nitrogen and oxygen atoms in total. The topological polar surface area (TPSA) is 47.3 Å². The molecule has 0 aromatic heterocycles. The first-order valence-electron chi connectivity index (χ1n) is 4.06. The van der Waals surface area contributed by atoms with Gasteiger partial charge in [0.25, 0.3) is 0 Å². The number of halogens is 1. The maximum atomic E-state index is 5.81. The monoisotopic (exact) mass is 244 g/mol. The fourth-order valence-electron chi connectivity index (χ4n) is 1.08. The minimum Gasteiger partial charge on any atom is -0.497 e. The second-order valence-electron chi connectivity index (χ2n) is 2.60. The van der Waals surface area contributed by atoms with E-state index in [0.29, 0.717) is 5.69 Å². The highest BCUT2D eigenvalue weighted by Crippen LogP contribution is 2.33. The Bertz CT molecular complexity index is 279. The van der Waals surface area contributed by atoms with Crippen molar-refractivity contribution in [2.24, 2.45) is 0 Å². The summed E-state index contributed by atoms with van der Waals surface area (Å²) in [5.74, 6) is 0.756. The summed E-state index contributed by atoms with van der Waals surface area (Å²) in [7, 11) is 1.62. The lowest BCUT2D eigenvalue weighted by molar-refractivity contribution is 0.415. The van der Waals surface area contributed by atoms with Gasteiger partial charge in [-0.05, 0) is 28.9 Å². The van der Waals surface area contributed by atoms with Crippen LogP contribution in [-0.2, 0) is 0 Å². The molecule has 0 atom stereocenters. The maximum Gasteiger partial charge on any atom is 0.122 e. The van der Waals surface area contributed by atoms with E-state index in [1.165, 1.54) is 0 Å². The smallest absolute Gasteiger partial charge is 0.122 e. The fourth-order valence-corrected chi connectivity index (χ4v) is 1.68. The van der Waals surface area contributed by atoms with E-state index in [4.69, 9.17) is 10.5 Å². The van der Waals surface area contributed by atoms with Crippen LogP contribution < -0.4 is 15.8 Å². The molecule has 1 aromatic rings. The van der Waals surface area contributed by atoms with Crippen molar-refractivity contribution in [2.45, 2.75) is 6.92 Å². The van der Waals surface area contributed by atoms with Gasteiger partial charge in [-0.1, -0.05) is 0 Å². The summed E-state index contributed by atoms with van der Waals surface area (Å²) < 4.78 is 5.99. The van der Waals surface area contributed by atoms with Gasteiger partial charge in [-0.15, -0.1) is 0 Å². The zero-order chi connectivity index (χ0) is 9.84. The van der Waals surface area contributed by atoms with Gasteiger partial charge in [0.1, 0.15) is 5.75 Å². The molecule has 0 saturated heterocycles. The van der Waals surface area contributed by atoms with Crippen molar-refractivity contribution < 1.29 is 4.74 Å². The van der Waals surface area contributed by atoms with Crippen molar-refractivity contribution in [3.05, 3.63) is 16.6 Å². The minimum absolute atomic E-state index is 0.688. The highest BCUT2D eigenvalue weighted by Gasteiger charge is 2.05. The van der Waals surface area contributed by atoms with E-state index < -0.39 is 0 Å². The van der Waals surface area contributed by atoms with Crippen LogP contribution >= 0.6 is 15.9 Å². The van der Waals surface area contributed by atoms with Crippen LogP contribution in [0.15, 0.2) is 16.6 Å². The highest BCUT2D eigenvalue weighted by atomic mass is 79.9. The Labute approximate surface area is 86.4 Å². The van der Waals surface area contributed by atoms with Gasteiger partial charge < -0.3 is 15.8 Å². The van der Waals surface area contributed by atoms with Crippen molar-refractivity contribution in [3.8, 4) is 5.75 Å². The summed E-state index contributed by atoms with van der Waals surface area (Å²) in [5.41, 5.74) is 7.42. The first kappa shape index (κ1) is 10.2. The summed E-state index contributed by atoms with van der Waals surface area (Å²) in [6.45, 7) is 2.87. The normalized spacial score (nSPS) is 9.77. The largest absolute Gasteiger partial charge is 0.497 e. The van der Waals surface area contributed by atoms with Crippen LogP contribution in [0.4, 0.5) is 11.4 Å². The molecular weight excluding hydrogens is 232 g/mol. The Morgan fingerprint density at radius 2 is 2.23 bits per heavy atom. The van der Waals surface area contributed by atoms with Gasteiger partial charge >= 0.3 is 0 Å². The van der Waals surface area contributed by atoms with Crippen molar-refractivity contribution in [2.75, 3.05) is 24.7 Å². The zero-order valence-corrected chi connectivity index (χ0v) is 9.31. The van der Waals surface area contributed by atoms with Gasteiger partial charge in [0, 0.05) is 17.1 Å². The van der Waals surface area contributed by atoms with Crippen LogP contribution in [0.2, 0.25) is 0 Å². The van der Waals surface area contributed by atoms with Crippen LogP contribution in [0.3, 0.4) is 0 Å². The van der Waals surface area contributed by atoms with Crippen LogP contribution in [-0.4, -0.2) is 13.7 Å². The molecule has 0 amide bonds. The van der Waals surface area contributed by atoms with E-state index in [1.807, 2.05) is 13.0 Å². The molecule has 0 bridgehead atoms. The molecule has 72 valence electrons. The predicted molar refractivity (Wildman–Crippen MR) is 59.3 cm³/mol. The molecule has 0 aliphatic carbocycles. The maximum absolute atomic E-state index is 5.81. The minimum atomic E-state index is 0.688. The number of nitrogens with two attached hydrogens (primary N) is 1. The number of hydrogen-bond acceptors (Lipinski definition) is 3. The third-order valence-electron chi connectivity index (χ3n) is 1.68. The second kappa shape index (κ2) is 4.37. The Morgan fingerprint density at radius 1 is 1.54 bits per heavy atom. The van der Waals surface area contributed by atoms with Crippen molar-refractivity contribution in [3.63, 3.8) is 0 Å². The van der Waals surface area contributed by atoms with E-state index >= 15 is 0 Å². The predicted octanol–water partition coefficient (Wildman–Crippen LogP) is 2.47. The van der Waals surface area contributed by atoms with Crippen molar-refractivity contribution >= 4 is 27.3 Å². The Kier molecular flexibility index (Phi) is 3.42. The lowest BCUT2D eigenvalue weighted by atomic mass is 10.2. The van der Waals surface area contributed by atoms with E-state index in [-0.39, 0.29) is 0 Å². The SMILES string of the molecule is CCNc1c(N)cc(OC)cc1Br. The molecule has 0 aliphatic rings. The quantitative estimate of drug-likeness (QED) is 0.804. The molecule has 0 aliphatic heterocycles. The molecule has 4 heteroatoms. The molecule has 0 fully saturated rings. The summed E-state index contributed by atoms with van der Waals surface area (Å²) in [4.78, 5) is 0. The van der Waals surface area contributed by atoms with Crippen LogP contribution in [0.25, 0.3) is 0 Å². The molecule has 0 spiro atoms. The molecule has 1 aromatic carbocycles. The van der Waals surface area contributed by atoms with Crippen LogP contribution in [0, 0.1) is 0 Å². The number of hydrogen-bond donors (Lipinski definition) is 2. The number of rotatable bonds is 3. The third kappa shape index (κ3) is 2.28. The number of ether oxygens (including phenoxy) is 1. The number of anilines is 2. The Morgan fingerprint density at radius 3 is 2.69 bits per heavy atom. The Balaban J connectivity index is 3.07. The van der Waals surface area contributed by atoms with Gasteiger partial charge in [-0.2, -0.15) is 0 Å². The summed E-state index contributed by atoms with van der Waals surface area (Å²) >= 11 is 3.42. The van der Waals surface area contributed by atoms with Crippen LogP contribution in [0.5, 0.6) is 5.75 Å². The number of methoxy groups -OCH3 is 1. The second-order valence-corrected chi connectivity index (χ2v) is 3.46.